The van der Waals surface area contributed by atoms with Crippen molar-refractivity contribution in [2.75, 3.05) is 0 Å². The van der Waals surface area contributed by atoms with E-state index in [1.165, 1.54) is 0 Å². The molecule has 1 aromatic heterocycles. The van der Waals surface area contributed by atoms with Gasteiger partial charge in [0.15, 0.2) is 0 Å². The molecule has 8 aromatic rings. The summed E-state index contributed by atoms with van der Waals surface area (Å²) in [4.78, 5) is 4.78. The van der Waals surface area contributed by atoms with E-state index in [-0.39, 0.29) is 32.7 Å². The molecule has 0 saturated heterocycles. The van der Waals surface area contributed by atoms with Gasteiger partial charge < -0.3 is 0 Å². The van der Waals surface area contributed by atoms with Crippen molar-refractivity contribution in [2.24, 2.45) is 0 Å². The quantitative estimate of drug-likeness (QED) is 0.203. The number of aryl methyl sites for hydroxylation is 1. The van der Waals surface area contributed by atoms with E-state index in [1.54, 1.807) is 18.2 Å². The van der Waals surface area contributed by atoms with E-state index < -0.39 is 107 Å². The summed E-state index contributed by atoms with van der Waals surface area (Å²) in [5.41, 5.74) is 1.66. The fourth-order valence-corrected chi connectivity index (χ4v) is 5.47. The number of hydrogen-bond acceptors (Lipinski definition) is 1. The number of aromatic nitrogens is 2. The lowest BCUT2D eigenvalue weighted by Gasteiger charge is -2.19. The third-order valence-electron chi connectivity index (χ3n) is 7.21. The second kappa shape index (κ2) is 9.46. The number of fused-ring (bicyclic) bond motifs is 4. The molecule has 0 amide bonds. The largest absolute Gasteiger partial charge is 0.296 e. The van der Waals surface area contributed by atoms with Crippen LogP contribution in [0.3, 0.4) is 0 Å². The molecule has 2 heteroatoms. The van der Waals surface area contributed by atoms with Crippen LogP contribution in [0.1, 0.15) is 33.3 Å². The van der Waals surface area contributed by atoms with Gasteiger partial charge in [0.2, 0.25) is 0 Å². The Hall–Kier alpha value is -5.21. The van der Waals surface area contributed by atoms with Crippen LogP contribution in [0, 0.1) is 0 Å². The Morgan fingerprint density at radius 3 is 1.98 bits per heavy atom. The van der Waals surface area contributed by atoms with Gasteiger partial charge >= 0.3 is 0 Å². The zero-order valence-corrected chi connectivity index (χ0v) is 21.7. The SMILES string of the molecule is [2H]c1c([2H])c([2H])c2c([2H])c(-c3c4c([2H])c([2H])c([2H])c([2H])c4c(-c4cccc(-n5c(CC)nc6ccccc65)c4)c4c([2H])c([2H])c([2H])c([2H])c34)c([2H])c([2H])c2c1[2H]. The van der Waals surface area contributed by atoms with Crippen LogP contribution in [0.5, 0.6) is 0 Å². The highest BCUT2D eigenvalue weighted by Crippen LogP contribution is 2.44. The Kier molecular flexibility index (Phi) is 2.99. The van der Waals surface area contributed by atoms with Gasteiger partial charge in [-0.25, -0.2) is 4.98 Å². The van der Waals surface area contributed by atoms with Crippen LogP contribution >= 0.6 is 0 Å². The predicted octanol–water partition coefficient (Wildman–Crippen LogP) is 10.4. The zero-order valence-electron chi connectivity index (χ0n) is 36.7. The van der Waals surface area contributed by atoms with Crippen molar-refractivity contribution in [3.05, 3.63) is 145 Å². The van der Waals surface area contributed by atoms with E-state index in [9.17, 15) is 8.22 Å². The molecule has 194 valence electrons. The highest BCUT2D eigenvalue weighted by Gasteiger charge is 2.18. The first-order valence-electron chi connectivity index (χ1n) is 20.6. The van der Waals surface area contributed by atoms with E-state index in [2.05, 4.69) is 0 Å². The minimum Gasteiger partial charge on any atom is -0.296 e. The summed E-state index contributed by atoms with van der Waals surface area (Å²) < 4.78 is 135. The lowest BCUT2D eigenvalue weighted by molar-refractivity contribution is 0.908. The van der Waals surface area contributed by atoms with Gasteiger partial charge in [0.05, 0.1) is 31.6 Å². The molecule has 1 heterocycles. The first-order chi connectivity index (χ1) is 26.5. The topological polar surface area (TPSA) is 17.8 Å². The molecular formula is C39H28N2. The molecule has 0 spiro atoms. The Bertz CT molecular complexity index is 3000. The Balaban J connectivity index is 1.65. The number of imidazole rings is 1. The third-order valence-corrected chi connectivity index (χ3v) is 7.21. The standard InChI is InChI=1S/C39H28N2/c1-2-37-40-35-20-9-10-21-36(35)41(37)30-15-11-14-28(25-30)38-31-16-5-7-18-33(31)39(34-19-8-6-17-32(34)38)29-23-22-26-12-3-4-13-27(26)24-29/h3-25H,2H2,1H3/i3D,4D,5D,6D,7D,8D,12D,13D,16D,17D,18D,19D,22D,23D,24D. The smallest absolute Gasteiger partial charge is 0.114 e. The Morgan fingerprint density at radius 2 is 1.27 bits per heavy atom. The first kappa shape index (κ1) is 13.0. The molecular weight excluding hydrogens is 496 g/mol. The minimum atomic E-state index is -0.733. The number of hydrogen-bond donors (Lipinski definition) is 0. The maximum atomic E-state index is 9.40. The van der Waals surface area contributed by atoms with Crippen LogP contribution in [0.4, 0.5) is 0 Å². The highest BCUT2D eigenvalue weighted by molar-refractivity contribution is 6.21. The molecule has 0 unspecified atom stereocenters. The normalized spacial score (nSPS) is 16.8. The Labute approximate surface area is 260 Å². The van der Waals surface area contributed by atoms with Crippen molar-refractivity contribution in [2.45, 2.75) is 13.3 Å². The van der Waals surface area contributed by atoms with Gasteiger partial charge in [0.25, 0.3) is 0 Å². The van der Waals surface area contributed by atoms with Crippen LogP contribution in [0.15, 0.2) is 139 Å². The van der Waals surface area contributed by atoms with Crippen molar-refractivity contribution in [3.63, 3.8) is 0 Å². The zero-order chi connectivity index (χ0) is 40.4. The molecule has 0 bridgehead atoms. The van der Waals surface area contributed by atoms with Gasteiger partial charge in [-0.05, 0) is 84.9 Å². The number of nitrogens with zero attached hydrogens (tertiary/aromatic N) is 2. The van der Waals surface area contributed by atoms with Crippen LogP contribution in [0.25, 0.3) is 71.3 Å². The van der Waals surface area contributed by atoms with E-state index >= 15 is 0 Å². The van der Waals surface area contributed by atoms with E-state index in [4.69, 9.17) is 17.3 Å². The number of para-hydroxylation sites is 2. The maximum Gasteiger partial charge on any atom is 0.114 e. The van der Waals surface area contributed by atoms with Crippen molar-refractivity contribution >= 4 is 43.4 Å². The van der Waals surface area contributed by atoms with Gasteiger partial charge in [0, 0.05) is 12.1 Å². The lowest BCUT2D eigenvalue weighted by atomic mass is 9.85. The molecule has 7 aromatic carbocycles. The molecule has 2 nitrogen and oxygen atoms in total. The summed E-state index contributed by atoms with van der Waals surface area (Å²) in [6.45, 7) is 1.95. The van der Waals surface area contributed by atoms with Crippen LogP contribution in [-0.2, 0) is 6.42 Å². The molecule has 0 aliphatic heterocycles. The monoisotopic (exact) mass is 539 g/mol. The number of benzene rings is 7. The van der Waals surface area contributed by atoms with Crippen LogP contribution in [0.2, 0.25) is 0 Å². The number of rotatable bonds is 4. The average molecular weight is 540 g/mol. The van der Waals surface area contributed by atoms with Gasteiger partial charge in [-0.3, -0.25) is 4.57 Å². The molecule has 41 heavy (non-hydrogen) atoms. The van der Waals surface area contributed by atoms with E-state index in [0.717, 1.165) is 16.9 Å². The van der Waals surface area contributed by atoms with Gasteiger partial charge in [-0.2, -0.15) is 0 Å². The molecule has 0 aliphatic carbocycles. The van der Waals surface area contributed by atoms with E-state index in [1.807, 2.05) is 41.8 Å². The van der Waals surface area contributed by atoms with Gasteiger partial charge in [0.1, 0.15) is 5.82 Å². The Morgan fingerprint density at radius 1 is 0.634 bits per heavy atom. The summed E-state index contributed by atoms with van der Waals surface area (Å²) in [7, 11) is 0. The minimum absolute atomic E-state index is 0.0361. The lowest BCUT2D eigenvalue weighted by Crippen LogP contribution is -2.00. The molecule has 0 aliphatic rings. The maximum absolute atomic E-state index is 9.40. The van der Waals surface area contributed by atoms with Crippen molar-refractivity contribution in [1.82, 2.24) is 9.55 Å². The van der Waals surface area contributed by atoms with Crippen molar-refractivity contribution in [1.29, 1.82) is 0 Å². The fraction of sp³-hybridized carbons (Fsp3) is 0.0513. The van der Waals surface area contributed by atoms with Crippen LogP contribution in [-0.4, -0.2) is 9.55 Å². The molecule has 0 fully saturated rings. The molecule has 0 N–H and O–H groups in total. The van der Waals surface area contributed by atoms with Crippen molar-refractivity contribution in [3.8, 4) is 27.9 Å². The molecule has 0 radical (unpaired) electrons. The van der Waals surface area contributed by atoms with Gasteiger partial charge in [-0.15, -0.1) is 0 Å². The molecule has 8 rings (SSSR count). The van der Waals surface area contributed by atoms with Crippen molar-refractivity contribution < 1.29 is 20.6 Å². The first-order valence-corrected chi connectivity index (χ1v) is 13.1. The predicted molar refractivity (Wildman–Crippen MR) is 174 cm³/mol. The highest BCUT2D eigenvalue weighted by atomic mass is 15.1. The summed E-state index contributed by atoms with van der Waals surface area (Å²) in [6, 6.07) is 4.55. The summed E-state index contributed by atoms with van der Waals surface area (Å²) in [5.74, 6) is 0.726. The van der Waals surface area contributed by atoms with Crippen LogP contribution < -0.4 is 0 Å². The fourth-order valence-electron chi connectivity index (χ4n) is 5.47. The molecule has 0 saturated carbocycles. The summed E-state index contributed by atoms with van der Waals surface area (Å²) >= 11 is 0. The van der Waals surface area contributed by atoms with E-state index in [0.29, 0.717) is 17.7 Å². The molecule has 0 atom stereocenters. The summed E-state index contributed by atoms with van der Waals surface area (Å²) in [5, 5.41) is -1.76. The second-order valence-electron chi connectivity index (χ2n) is 9.51. The second-order valence-corrected chi connectivity index (χ2v) is 9.51. The summed E-state index contributed by atoms with van der Waals surface area (Å²) in [6.07, 6.45) is 0.557. The average Bonchev–Trinajstić information content (AvgIpc) is 3.58. The third kappa shape index (κ3) is 3.76. The van der Waals surface area contributed by atoms with Gasteiger partial charge in [-0.1, -0.05) is 116 Å².